The summed E-state index contributed by atoms with van der Waals surface area (Å²) >= 11 is 0. The van der Waals surface area contributed by atoms with Gasteiger partial charge in [0.1, 0.15) is 6.29 Å². The fourth-order valence-corrected chi connectivity index (χ4v) is 5.01. The van der Waals surface area contributed by atoms with Crippen molar-refractivity contribution >= 4 is 30.1 Å². The van der Waals surface area contributed by atoms with Crippen LogP contribution in [0.25, 0.3) is 12.3 Å². The molecule has 0 saturated heterocycles. The van der Waals surface area contributed by atoms with Crippen molar-refractivity contribution < 1.29 is 19.0 Å². The van der Waals surface area contributed by atoms with Gasteiger partial charge < -0.3 is 19.5 Å². The SMILES string of the molecule is COc1cc(C2(c3ccccc3)C=Cc3c(Nc4ccccc4)nn(C=CC=O)c3C2)cc(OC)c1OC. The van der Waals surface area contributed by atoms with Crippen molar-refractivity contribution in [2.24, 2.45) is 0 Å². The number of carbonyl (C=O) groups is 1. The number of carbonyl (C=O) groups excluding carboxylic acids is 1. The van der Waals surface area contributed by atoms with Gasteiger partial charge >= 0.3 is 0 Å². The summed E-state index contributed by atoms with van der Waals surface area (Å²) in [5.41, 5.74) is 4.35. The number of anilines is 2. The first-order valence-corrected chi connectivity index (χ1v) is 12.2. The third-order valence-electron chi connectivity index (χ3n) is 6.84. The number of aromatic nitrogens is 2. The Bertz CT molecular complexity index is 1470. The first-order valence-electron chi connectivity index (χ1n) is 12.2. The predicted molar refractivity (Wildman–Crippen MR) is 149 cm³/mol. The van der Waals surface area contributed by atoms with E-state index in [2.05, 4.69) is 29.6 Å². The molecule has 0 saturated carbocycles. The Morgan fingerprint density at radius 3 is 2.16 bits per heavy atom. The third kappa shape index (κ3) is 4.43. The topological polar surface area (TPSA) is 74.6 Å². The molecule has 192 valence electrons. The third-order valence-corrected chi connectivity index (χ3v) is 6.84. The Hall–Kier alpha value is -4.78. The van der Waals surface area contributed by atoms with Crippen LogP contribution in [0.15, 0.2) is 84.9 Å². The van der Waals surface area contributed by atoms with Crippen LogP contribution in [0.2, 0.25) is 0 Å². The maximum absolute atomic E-state index is 11.2. The largest absolute Gasteiger partial charge is 0.493 e. The summed E-state index contributed by atoms with van der Waals surface area (Å²) in [4.78, 5) is 11.2. The van der Waals surface area contributed by atoms with E-state index in [1.54, 1.807) is 32.2 Å². The summed E-state index contributed by atoms with van der Waals surface area (Å²) in [6.45, 7) is 0. The molecule has 0 spiro atoms. The maximum atomic E-state index is 11.2. The van der Waals surface area contributed by atoms with E-state index in [1.807, 2.05) is 60.7 Å². The van der Waals surface area contributed by atoms with Gasteiger partial charge in [-0.05, 0) is 41.5 Å². The van der Waals surface area contributed by atoms with Gasteiger partial charge in [-0.25, -0.2) is 4.68 Å². The molecule has 0 amide bonds. The number of hydrogen-bond donors (Lipinski definition) is 1. The summed E-state index contributed by atoms with van der Waals surface area (Å²) in [6, 6.07) is 24.2. The molecule has 1 aliphatic rings. The fourth-order valence-electron chi connectivity index (χ4n) is 5.01. The van der Waals surface area contributed by atoms with E-state index in [9.17, 15) is 4.79 Å². The predicted octanol–water partition coefficient (Wildman–Crippen LogP) is 5.88. The van der Waals surface area contributed by atoms with Gasteiger partial charge in [-0.15, -0.1) is 5.10 Å². The number of methoxy groups -OCH3 is 3. The average Bonchev–Trinajstić information content (AvgIpc) is 3.31. The van der Waals surface area contributed by atoms with Gasteiger partial charge in [-0.1, -0.05) is 60.7 Å². The molecule has 7 heteroatoms. The summed E-state index contributed by atoms with van der Waals surface area (Å²) in [5, 5.41) is 8.24. The Labute approximate surface area is 222 Å². The van der Waals surface area contributed by atoms with Crippen LogP contribution < -0.4 is 19.5 Å². The normalized spacial score (nSPS) is 16.2. The molecule has 0 radical (unpaired) electrons. The number of hydrogen-bond acceptors (Lipinski definition) is 6. The molecule has 5 rings (SSSR count). The second kappa shape index (κ2) is 10.7. The number of fused-ring (bicyclic) bond motifs is 1. The highest BCUT2D eigenvalue weighted by Gasteiger charge is 2.39. The molecule has 0 aliphatic heterocycles. The van der Waals surface area contributed by atoms with Gasteiger partial charge in [0.05, 0.1) is 27.0 Å². The Morgan fingerprint density at radius 2 is 1.55 bits per heavy atom. The standard InChI is InChI=1S/C31H29N3O4/c1-36-27-19-23(20-28(37-2)29(27)38-3)31(22-11-6-4-7-12-22)16-15-25-26(21-31)34(17-10-18-35)33-30(25)32-24-13-8-5-9-14-24/h4-20H,21H2,1-3H3,(H,32,33). The molecule has 4 aromatic rings. The van der Waals surface area contributed by atoms with Crippen LogP contribution in [0.3, 0.4) is 0 Å². The first-order chi connectivity index (χ1) is 18.6. The van der Waals surface area contributed by atoms with Crippen molar-refractivity contribution in [3.05, 3.63) is 107 Å². The number of nitrogens with zero attached hydrogens (tertiary/aromatic N) is 2. The molecule has 38 heavy (non-hydrogen) atoms. The van der Waals surface area contributed by atoms with Gasteiger partial charge in [0.15, 0.2) is 17.3 Å². The van der Waals surface area contributed by atoms with E-state index < -0.39 is 5.41 Å². The van der Waals surface area contributed by atoms with E-state index in [-0.39, 0.29) is 0 Å². The highest BCUT2D eigenvalue weighted by Crippen LogP contribution is 2.48. The molecule has 0 bridgehead atoms. The smallest absolute Gasteiger partial charge is 0.203 e. The zero-order valence-corrected chi connectivity index (χ0v) is 21.5. The second-order valence-electron chi connectivity index (χ2n) is 8.88. The summed E-state index contributed by atoms with van der Waals surface area (Å²) in [7, 11) is 4.83. The van der Waals surface area contributed by atoms with Crippen molar-refractivity contribution in [1.29, 1.82) is 0 Å². The van der Waals surface area contributed by atoms with Gasteiger partial charge in [0.25, 0.3) is 0 Å². The van der Waals surface area contributed by atoms with Crippen LogP contribution in [0, 0.1) is 0 Å². The van der Waals surface area contributed by atoms with Gasteiger partial charge in [-0.3, -0.25) is 4.79 Å². The average molecular weight is 508 g/mol. The lowest BCUT2D eigenvalue weighted by Crippen LogP contribution is -2.31. The van der Waals surface area contributed by atoms with E-state index in [1.165, 1.54) is 6.08 Å². The zero-order valence-electron chi connectivity index (χ0n) is 21.5. The molecule has 3 aromatic carbocycles. The van der Waals surface area contributed by atoms with Crippen molar-refractivity contribution in [2.75, 3.05) is 26.6 Å². The molecular formula is C31H29N3O4. The molecule has 1 unspecified atom stereocenters. The number of ether oxygens (including phenoxy) is 3. The fraction of sp³-hybridized carbons (Fsp3) is 0.161. The van der Waals surface area contributed by atoms with Crippen molar-refractivity contribution in [1.82, 2.24) is 9.78 Å². The van der Waals surface area contributed by atoms with Crippen molar-refractivity contribution in [2.45, 2.75) is 11.8 Å². The van der Waals surface area contributed by atoms with Crippen LogP contribution in [0.1, 0.15) is 22.4 Å². The molecular weight excluding hydrogens is 478 g/mol. The second-order valence-corrected chi connectivity index (χ2v) is 8.88. The number of para-hydroxylation sites is 1. The Morgan fingerprint density at radius 1 is 0.895 bits per heavy atom. The van der Waals surface area contributed by atoms with E-state index in [4.69, 9.17) is 19.3 Å². The van der Waals surface area contributed by atoms with Crippen LogP contribution in [0.5, 0.6) is 17.2 Å². The Kier molecular flexibility index (Phi) is 7.00. The molecule has 1 heterocycles. The monoisotopic (exact) mass is 507 g/mol. The number of nitrogens with one attached hydrogen (secondary N) is 1. The van der Waals surface area contributed by atoms with E-state index >= 15 is 0 Å². The van der Waals surface area contributed by atoms with E-state index in [0.29, 0.717) is 29.5 Å². The minimum atomic E-state index is -0.572. The Balaban J connectivity index is 1.71. The van der Waals surface area contributed by atoms with Crippen LogP contribution in [-0.4, -0.2) is 37.4 Å². The highest BCUT2D eigenvalue weighted by atomic mass is 16.5. The number of benzene rings is 3. The first kappa shape index (κ1) is 24.9. The van der Waals surface area contributed by atoms with Crippen LogP contribution in [-0.2, 0) is 16.6 Å². The lowest BCUT2D eigenvalue weighted by Gasteiger charge is -2.35. The van der Waals surface area contributed by atoms with Crippen molar-refractivity contribution in [3.8, 4) is 17.2 Å². The molecule has 1 atom stereocenters. The maximum Gasteiger partial charge on any atom is 0.203 e. The lowest BCUT2D eigenvalue weighted by molar-refractivity contribution is -0.104. The molecule has 1 aliphatic carbocycles. The van der Waals surface area contributed by atoms with Gasteiger partial charge in [0.2, 0.25) is 5.75 Å². The van der Waals surface area contributed by atoms with Crippen LogP contribution >= 0.6 is 0 Å². The number of aldehydes is 1. The quantitative estimate of drug-likeness (QED) is 0.225. The van der Waals surface area contributed by atoms with Crippen LogP contribution in [0.4, 0.5) is 11.5 Å². The summed E-state index contributed by atoms with van der Waals surface area (Å²) in [5.74, 6) is 2.41. The molecule has 7 nitrogen and oxygen atoms in total. The summed E-state index contributed by atoms with van der Waals surface area (Å²) < 4.78 is 18.8. The highest BCUT2D eigenvalue weighted by molar-refractivity contribution is 5.77. The number of allylic oxidation sites excluding steroid dienone is 2. The molecule has 1 aromatic heterocycles. The number of rotatable bonds is 9. The summed E-state index contributed by atoms with van der Waals surface area (Å²) in [6.07, 6.45) is 8.76. The van der Waals surface area contributed by atoms with Gasteiger partial charge in [0, 0.05) is 29.3 Å². The minimum Gasteiger partial charge on any atom is -0.493 e. The zero-order chi connectivity index (χ0) is 26.5. The lowest BCUT2D eigenvalue weighted by atomic mass is 9.68. The van der Waals surface area contributed by atoms with E-state index in [0.717, 1.165) is 34.4 Å². The molecule has 0 fully saturated rings. The molecule has 1 N–H and O–H groups in total. The van der Waals surface area contributed by atoms with Crippen molar-refractivity contribution in [3.63, 3.8) is 0 Å². The van der Waals surface area contributed by atoms with Gasteiger partial charge in [-0.2, -0.15) is 0 Å². The minimum absolute atomic E-state index is 0.538.